The Morgan fingerprint density at radius 2 is 0.917 bits per heavy atom. The topological polar surface area (TPSA) is 35.6 Å². The second-order valence-electron chi connectivity index (χ2n) is 12.2. The summed E-state index contributed by atoms with van der Waals surface area (Å²) in [6, 6.07) is 60.0. The van der Waals surface area contributed by atoms with Crippen LogP contribution in [0, 0.1) is 0 Å². The highest BCUT2D eigenvalue weighted by atomic mass is 15.0. The normalized spacial score (nSPS) is 11.8. The minimum Gasteiger partial charge on any atom is -0.309 e. The third kappa shape index (κ3) is 3.96. The van der Waals surface area contributed by atoms with E-state index in [-0.39, 0.29) is 0 Å². The Labute approximate surface area is 276 Å². The standard InChI is InChI=1S/C44H28N4/c1-2-14-30(15-3-1)47-38-22-10-7-18-33(38)36-28-29(26-27-42(36)47)43-34-19-4-9-21-37(34)45-44(46-43)35-20-8-13-25-41(35)48-39-23-11-5-16-31(39)32-17-6-12-24-40(32)48/h1-28H. The summed E-state index contributed by atoms with van der Waals surface area (Å²) in [4.78, 5) is 10.6. The fourth-order valence-electron chi connectivity index (χ4n) is 7.43. The van der Waals surface area contributed by atoms with E-state index in [0.29, 0.717) is 5.82 Å². The third-order valence-electron chi connectivity index (χ3n) is 9.53. The fourth-order valence-corrected chi connectivity index (χ4v) is 7.43. The van der Waals surface area contributed by atoms with Gasteiger partial charge in [0.2, 0.25) is 0 Å². The van der Waals surface area contributed by atoms with Gasteiger partial charge in [-0.25, -0.2) is 9.97 Å². The summed E-state index contributed by atoms with van der Waals surface area (Å²) < 4.78 is 4.70. The van der Waals surface area contributed by atoms with Crippen molar-refractivity contribution in [1.29, 1.82) is 0 Å². The van der Waals surface area contributed by atoms with Gasteiger partial charge in [0.05, 0.1) is 39.0 Å². The zero-order valence-corrected chi connectivity index (χ0v) is 26.0. The molecule has 10 rings (SSSR count). The quantitative estimate of drug-likeness (QED) is 0.198. The van der Waals surface area contributed by atoms with Crippen molar-refractivity contribution in [2.75, 3.05) is 0 Å². The van der Waals surface area contributed by atoms with Gasteiger partial charge in [-0.2, -0.15) is 0 Å². The summed E-state index contributed by atoms with van der Waals surface area (Å²) in [5.41, 5.74) is 10.8. The molecule has 4 heteroatoms. The molecule has 4 nitrogen and oxygen atoms in total. The second kappa shape index (κ2) is 10.5. The predicted molar refractivity (Wildman–Crippen MR) is 199 cm³/mol. The van der Waals surface area contributed by atoms with E-state index in [9.17, 15) is 0 Å². The van der Waals surface area contributed by atoms with Crippen LogP contribution < -0.4 is 0 Å². The van der Waals surface area contributed by atoms with E-state index < -0.39 is 0 Å². The van der Waals surface area contributed by atoms with E-state index in [0.717, 1.165) is 50.1 Å². The van der Waals surface area contributed by atoms with Crippen LogP contribution in [0.15, 0.2) is 170 Å². The minimum absolute atomic E-state index is 0.702. The van der Waals surface area contributed by atoms with Crippen LogP contribution in [0.4, 0.5) is 0 Å². The molecular formula is C44H28N4. The Kier molecular flexibility index (Phi) is 5.84. The van der Waals surface area contributed by atoms with Crippen LogP contribution >= 0.6 is 0 Å². The first kappa shape index (κ1) is 26.7. The number of rotatable bonds is 4. The van der Waals surface area contributed by atoms with Gasteiger partial charge in [0.15, 0.2) is 5.82 Å². The highest BCUT2D eigenvalue weighted by Gasteiger charge is 2.19. The van der Waals surface area contributed by atoms with E-state index in [4.69, 9.17) is 9.97 Å². The Morgan fingerprint density at radius 3 is 1.65 bits per heavy atom. The van der Waals surface area contributed by atoms with Crippen molar-refractivity contribution >= 4 is 54.5 Å². The van der Waals surface area contributed by atoms with Crippen LogP contribution in [0.1, 0.15) is 0 Å². The lowest BCUT2D eigenvalue weighted by molar-refractivity contribution is 1.15. The molecule has 0 aliphatic carbocycles. The lowest BCUT2D eigenvalue weighted by Gasteiger charge is -2.15. The lowest BCUT2D eigenvalue weighted by Crippen LogP contribution is -2.01. The smallest absolute Gasteiger partial charge is 0.162 e. The SMILES string of the molecule is c1ccc(-n2c3ccccc3c3cc(-c4nc(-c5ccccc5-n5c6ccccc6c6ccccc65)nc5ccccc45)ccc32)cc1. The summed E-state index contributed by atoms with van der Waals surface area (Å²) >= 11 is 0. The number of aromatic nitrogens is 4. The number of para-hydroxylation sites is 6. The van der Waals surface area contributed by atoms with Gasteiger partial charge in [0.25, 0.3) is 0 Å². The van der Waals surface area contributed by atoms with Crippen LogP contribution in [-0.2, 0) is 0 Å². The maximum Gasteiger partial charge on any atom is 0.162 e. The van der Waals surface area contributed by atoms with Crippen LogP contribution in [0.25, 0.3) is 88.5 Å². The van der Waals surface area contributed by atoms with Gasteiger partial charge in [-0.15, -0.1) is 0 Å². The molecule has 0 radical (unpaired) electrons. The Bertz CT molecular complexity index is 2790. The highest BCUT2D eigenvalue weighted by molar-refractivity contribution is 6.12. The molecule has 0 aliphatic heterocycles. The minimum atomic E-state index is 0.702. The molecule has 48 heavy (non-hydrogen) atoms. The molecule has 0 aliphatic rings. The maximum atomic E-state index is 5.39. The van der Waals surface area contributed by atoms with E-state index in [2.05, 4.69) is 179 Å². The Hall–Kier alpha value is -6.52. The monoisotopic (exact) mass is 612 g/mol. The molecule has 3 aromatic heterocycles. The summed E-state index contributed by atoms with van der Waals surface area (Å²) in [6.45, 7) is 0. The van der Waals surface area contributed by atoms with Crippen molar-refractivity contribution < 1.29 is 0 Å². The second-order valence-corrected chi connectivity index (χ2v) is 12.2. The molecule has 0 amide bonds. The Morgan fingerprint density at radius 1 is 0.375 bits per heavy atom. The first-order chi connectivity index (χ1) is 23.8. The lowest BCUT2D eigenvalue weighted by atomic mass is 10.0. The van der Waals surface area contributed by atoms with E-state index >= 15 is 0 Å². The number of hydrogen-bond acceptors (Lipinski definition) is 2. The zero-order valence-electron chi connectivity index (χ0n) is 26.0. The van der Waals surface area contributed by atoms with Gasteiger partial charge < -0.3 is 9.13 Å². The molecule has 7 aromatic carbocycles. The van der Waals surface area contributed by atoms with Crippen molar-refractivity contribution in [3.63, 3.8) is 0 Å². The van der Waals surface area contributed by atoms with Gasteiger partial charge in [-0.05, 0) is 60.7 Å². The predicted octanol–water partition coefficient (Wildman–Crippen LogP) is 11.2. The number of nitrogens with zero attached hydrogens (tertiary/aromatic N) is 4. The van der Waals surface area contributed by atoms with Crippen molar-refractivity contribution in [3.8, 4) is 34.0 Å². The van der Waals surface area contributed by atoms with Crippen molar-refractivity contribution in [3.05, 3.63) is 170 Å². The van der Waals surface area contributed by atoms with Crippen LogP contribution in [0.3, 0.4) is 0 Å². The molecule has 0 saturated heterocycles. The van der Waals surface area contributed by atoms with Crippen molar-refractivity contribution in [1.82, 2.24) is 19.1 Å². The molecule has 0 fully saturated rings. The van der Waals surface area contributed by atoms with Gasteiger partial charge in [0, 0.05) is 43.7 Å². The molecule has 0 N–H and O–H groups in total. The molecule has 0 atom stereocenters. The molecule has 0 bridgehead atoms. The van der Waals surface area contributed by atoms with Crippen molar-refractivity contribution in [2.45, 2.75) is 0 Å². The van der Waals surface area contributed by atoms with Gasteiger partial charge >= 0.3 is 0 Å². The molecular weight excluding hydrogens is 585 g/mol. The first-order valence-electron chi connectivity index (χ1n) is 16.3. The summed E-state index contributed by atoms with van der Waals surface area (Å²) in [5, 5.41) is 5.90. The average Bonchev–Trinajstić information content (AvgIpc) is 3.67. The molecule has 0 saturated carbocycles. The summed E-state index contributed by atoms with van der Waals surface area (Å²) in [6.07, 6.45) is 0. The summed E-state index contributed by atoms with van der Waals surface area (Å²) in [7, 11) is 0. The Balaban J connectivity index is 1.22. The van der Waals surface area contributed by atoms with Crippen LogP contribution in [0.2, 0.25) is 0 Å². The first-order valence-corrected chi connectivity index (χ1v) is 16.3. The van der Waals surface area contributed by atoms with E-state index in [1.54, 1.807) is 0 Å². The largest absolute Gasteiger partial charge is 0.309 e. The van der Waals surface area contributed by atoms with Gasteiger partial charge in [-0.1, -0.05) is 109 Å². The molecule has 0 spiro atoms. The maximum absolute atomic E-state index is 5.39. The van der Waals surface area contributed by atoms with E-state index in [1.807, 2.05) is 0 Å². The van der Waals surface area contributed by atoms with E-state index in [1.165, 1.54) is 32.6 Å². The summed E-state index contributed by atoms with van der Waals surface area (Å²) in [5.74, 6) is 0.702. The number of fused-ring (bicyclic) bond motifs is 7. The molecule has 0 unspecified atom stereocenters. The van der Waals surface area contributed by atoms with Crippen LogP contribution in [0.5, 0.6) is 0 Å². The van der Waals surface area contributed by atoms with Crippen molar-refractivity contribution in [2.24, 2.45) is 0 Å². The number of benzene rings is 7. The van der Waals surface area contributed by atoms with Gasteiger partial charge in [-0.3, -0.25) is 0 Å². The fraction of sp³-hybridized carbons (Fsp3) is 0. The third-order valence-corrected chi connectivity index (χ3v) is 9.53. The average molecular weight is 613 g/mol. The van der Waals surface area contributed by atoms with Crippen LogP contribution in [-0.4, -0.2) is 19.1 Å². The number of hydrogen-bond donors (Lipinski definition) is 0. The molecule has 224 valence electrons. The highest BCUT2D eigenvalue weighted by Crippen LogP contribution is 2.39. The molecule has 10 aromatic rings. The molecule has 3 heterocycles. The van der Waals surface area contributed by atoms with Gasteiger partial charge in [0.1, 0.15) is 0 Å². The zero-order chi connectivity index (χ0) is 31.6.